The number of carbonyl (C=O) groups is 2. The van der Waals surface area contributed by atoms with Gasteiger partial charge in [-0.25, -0.2) is 0 Å². The van der Waals surface area contributed by atoms with E-state index in [4.69, 9.17) is 0 Å². The third-order valence-corrected chi connectivity index (χ3v) is 4.91. The molecule has 2 aliphatic heterocycles. The van der Waals surface area contributed by atoms with Crippen LogP contribution in [0.15, 0.2) is 18.2 Å². The van der Waals surface area contributed by atoms with Gasteiger partial charge in [-0.3, -0.25) is 19.7 Å². The first kappa shape index (κ1) is 18.1. The van der Waals surface area contributed by atoms with Crippen LogP contribution >= 0.6 is 0 Å². The van der Waals surface area contributed by atoms with Crippen molar-refractivity contribution < 1.29 is 19.6 Å². The van der Waals surface area contributed by atoms with Crippen LogP contribution in [-0.2, 0) is 4.79 Å². The Morgan fingerprint density at radius 3 is 2.58 bits per heavy atom. The van der Waals surface area contributed by atoms with Crippen molar-refractivity contribution in [1.82, 2.24) is 15.1 Å². The SMILES string of the molecule is O=C(c1ccc([N+](=O)[O-])c(O)c1)N1CCCC(C(=O)N2CCNCC2)C1. The highest BCUT2D eigenvalue weighted by molar-refractivity contribution is 5.95. The van der Waals surface area contributed by atoms with Crippen LogP contribution in [0.1, 0.15) is 23.2 Å². The van der Waals surface area contributed by atoms with Crippen LogP contribution in [0.5, 0.6) is 5.75 Å². The smallest absolute Gasteiger partial charge is 0.310 e. The molecule has 1 aromatic rings. The lowest BCUT2D eigenvalue weighted by atomic mass is 9.95. The quantitative estimate of drug-likeness (QED) is 0.600. The molecule has 9 heteroatoms. The Labute approximate surface area is 150 Å². The zero-order valence-electron chi connectivity index (χ0n) is 14.4. The van der Waals surface area contributed by atoms with Crippen LogP contribution in [0.3, 0.4) is 0 Å². The number of nitro benzene ring substituents is 1. The molecule has 26 heavy (non-hydrogen) atoms. The van der Waals surface area contributed by atoms with Crippen LogP contribution in [0.25, 0.3) is 0 Å². The number of nitrogens with zero attached hydrogens (tertiary/aromatic N) is 3. The molecule has 2 aliphatic rings. The molecule has 0 aromatic heterocycles. The normalized spacial score (nSPS) is 20.7. The molecular formula is C17H22N4O5. The first-order chi connectivity index (χ1) is 12.5. The molecule has 2 heterocycles. The zero-order valence-corrected chi connectivity index (χ0v) is 14.4. The third-order valence-electron chi connectivity index (χ3n) is 4.91. The van der Waals surface area contributed by atoms with Gasteiger partial charge in [0.25, 0.3) is 5.91 Å². The molecule has 0 spiro atoms. The number of piperidine rings is 1. The molecule has 1 aromatic carbocycles. The summed E-state index contributed by atoms with van der Waals surface area (Å²) in [6.07, 6.45) is 1.48. The van der Waals surface area contributed by atoms with E-state index in [-0.39, 0.29) is 23.3 Å². The second kappa shape index (κ2) is 7.69. The molecule has 3 rings (SSSR count). The van der Waals surface area contributed by atoms with Crippen LogP contribution in [0.2, 0.25) is 0 Å². The molecule has 140 valence electrons. The van der Waals surface area contributed by atoms with Crippen molar-refractivity contribution in [3.63, 3.8) is 0 Å². The van der Waals surface area contributed by atoms with Crippen LogP contribution in [-0.4, -0.2) is 70.9 Å². The molecule has 0 aliphatic carbocycles. The van der Waals surface area contributed by atoms with Gasteiger partial charge in [-0.2, -0.15) is 0 Å². The summed E-state index contributed by atoms with van der Waals surface area (Å²) in [4.78, 5) is 38.9. The lowest BCUT2D eigenvalue weighted by Gasteiger charge is -2.36. The van der Waals surface area contributed by atoms with E-state index < -0.39 is 16.4 Å². The maximum Gasteiger partial charge on any atom is 0.310 e. The number of hydrogen-bond acceptors (Lipinski definition) is 6. The Morgan fingerprint density at radius 2 is 1.92 bits per heavy atom. The highest BCUT2D eigenvalue weighted by atomic mass is 16.6. The van der Waals surface area contributed by atoms with Crippen molar-refractivity contribution in [2.24, 2.45) is 5.92 Å². The third kappa shape index (κ3) is 3.77. The highest BCUT2D eigenvalue weighted by Gasteiger charge is 2.32. The maximum absolute atomic E-state index is 12.7. The lowest BCUT2D eigenvalue weighted by Crippen LogP contribution is -2.52. The monoisotopic (exact) mass is 362 g/mol. The molecule has 0 radical (unpaired) electrons. The number of hydrogen-bond donors (Lipinski definition) is 2. The fraction of sp³-hybridized carbons (Fsp3) is 0.529. The Kier molecular flexibility index (Phi) is 5.36. The molecular weight excluding hydrogens is 340 g/mol. The van der Waals surface area contributed by atoms with Crippen LogP contribution in [0, 0.1) is 16.0 Å². The lowest BCUT2D eigenvalue weighted by molar-refractivity contribution is -0.385. The van der Waals surface area contributed by atoms with Gasteiger partial charge in [0.05, 0.1) is 10.8 Å². The number of rotatable bonds is 3. The van der Waals surface area contributed by atoms with Gasteiger partial charge in [-0.1, -0.05) is 0 Å². The number of likely N-dealkylation sites (tertiary alicyclic amines) is 1. The number of phenolic OH excluding ortho intramolecular Hbond substituents is 1. The average molecular weight is 362 g/mol. The number of phenols is 1. The Hall–Kier alpha value is -2.68. The van der Waals surface area contributed by atoms with Gasteiger partial charge in [-0.05, 0) is 25.0 Å². The summed E-state index contributed by atoms with van der Waals surface area (Å²) in [7, 11) is 0. The summed E-state index contributed by atoms with van der Waals surface area (Å²) < 4.78 is 0. The number of benzene rings is 1. The van der Waals surface area contributed by atoms with E-state index in [0.29, 0.717) is 26.2 Å². The van der Waals surface area contributed by atoms with Gasteiger partial charge in [0.1, 0.15) is 0 Å². The van der Waals surface area contributed by atoms with E-state index in [0.717, 1.165) is 38.1 Å². The van der Waals surface area contributed by atoms with E-state index in [1.54, 1.807) is 4.90 Å². The first-order valence-corrected chi connectivity index (χ1v) is 8.73. The van der Waals surface area contributed by atoms with E-state index in [2.05, 4.69) is 5.32 Å². The van der Waals surface area contributed by atoms with E-state index in [1.165, 1.54) is 6.07 Å². The largest absolute Gasteiger partial charge is 0.502 e. The fourth-order valence-electron chi connectivity index (χ4n) is 3.50. The molecule has 0 bridgehead atoms. The van der Waals surface area contributed by atoms with Gasteiger partial charge in [0.2, 0.25) is 5.91 Å². The molecule has 2 saturated heterocycles. The number of nitrogens with one attached hydrogen (secondary N) is 1. The minimum Gasteiger partial charge on any atom is -0.502 e. The first-order valence-electron chi connectivity index (χ1n) is 8.73. The van der Waals surface area contributed by atoms with Crippen LogP contribution < -0.4 is 5.32 Å². The maximum atomic E-state index is 12.7. The second-order valence-electron chi connectivity index (χ2n) is 6.63. The van der Waals surface area contributed by atoms with E-state index in [1.807, 2.05) is 4.90 Å². The minimum absolute atomic E-state index is 0.0792. The van der Waals surface area contributed by atoms with Crippen molar-refractivity contribution in [2.45, 2.75) is 12.8 Å². The van der Waals surface area contributed by atoms with E-state index in [9.17, 15) is 24.8 Å². The number of aromatic hydroxyl groups is 1. The molecule has 2 N–H and O–H groups in total. The minimum atomic E-state index is -0.702. The Balaban J connectivity index is 1.68. The van der Waals surface area contributed by atoms with Gasteiger partial charge in [0, 0.05) is 50.9 Å². The summed E-state index contributed by atoms with van der Waals surface area (Å²) >= 11 is 0. The average Bonchev–Trinajstić information content (AvgIpc) is 2.67. The van der Waals surface area contributed by atoms with Crippen molar-refractivity contribution in [3.05, 3.63) is 33.9 Å². The molecule has 1 unspecified atom stereocenters. The number of carbonyl (C=O) groups excluding carboxylic acids is 2. The number of piperazine rings is 1. The van der Waals surface area contributed by atoms with Crippen LogP contribution in [0.4, 0.5) is 5.69 Å². The van der Waals surface area contributed by atoms with Crippen molar-refractivity contribution >= 4 is 17.5 Å². The standard InChI is InChI=1S/C17H22N4O5/c22-15-10-12(3-4-14(15)21(25)26)16(23)20-7-1-2-13(11-20)17(24)19-8-5-18-6-9-19/h3-4,10,13,18,22H,1-2,5-9,11H2. The van der Waals surface area contributed by atoms with Crippen molar-refractivity contribution in [3.8, 4) is 5.75 Å². The number of amides is 2. The summed E-state index contributed by atoms with van der Waals surface area (Å²) in [6, 6.07) is 3.57. The summed E-state index contributed by atoms with van der Waals surface area (Å²) in [5.41, 5.74) is -0.254. The topological polar surface area (TPSA) is 116 Å². The predicted molar refractivity (Wildman–Crippen MR) is 92.8 cm³/mol. The van der Waals surface area contributed by atoms with Crippen molar-refractivity contribution in [1.29, 1.82) is 0 Å². The van der Waals surface area contributed by atoms with Crippen molar-refractivity contribution in [2.75, 3.05) is 39.3 Å². The molecule has 2 amide bonds. The second-order valence-corrected chi connectivity index (χ2v) is 6.63. The summed E-state index contributed by atoms with van der Waals surface area (Å²) in [5.74, 6) is -1.01. The Morgan fingerprint density at radius 1 is 1.19 bits per heavy atom. The Bertz CT molecular complexity index is 717. The summed E-state index contributed by atoms with van der Waals surface area (Å²) in [5, 5.41) is 23.7. The molecule has 2 fully saturated rings. The highest BCUT2D eigenvalue weighted by Crippen LogP contribution is 2.28. The predicted octanol–water partition coefficient (Wildman–Crippen LogP) is 0.584. The summed E-state index contributed by atoms with van der Waals surface area (Å²) in [6.45, 7) is 3.78. The van der Waals surface area contributed by atoms with Gasteiger partial charge >= 0.3 is 5.69 Å². The fourth-order valence-corrected chi connectivity index (χ4v) is 3.50. The molecule has 0 saturated carbocycles. The van der Waals surface area contributed by atoms with Gasteiger partial charge < -0.3 is 20.2 Å². The van der Waals surface area contributed by atoms with Gasteiger partial charge in [-0.15, -0.1) is 0 Å². The molecule has 1 atom stereocenters. The zero-order chi connectivity index (χ0) is 18.7. The number of nitro groups is 1. The van der Waals surface area contributed by atoms with E-state index >= 15 is 0 Å². The van der Waals surface area contributed by atoms with Gasteiger partial charge in [0.15, 0.2) is 5.75 Å². The molecule has 9 nitrogen and oxygen atoms in total.